The van der Waals surface area contributed by atoms with Gasteiger partial charge in [-0.1, -0.05) is 28.1 Å². The van der Waals surface area contributed by atoms with Crippen molar-refractivity contribution in [2.75, 3.05) is 5.33 Å². The molecule has 1 nitrogen and oxygen atoms in total. The molecular formula is C7H6BrN. The lowest BCUT2D eigenvalue weighted by Crippen LogP contribution is -1.97. The third-order valence-corrected chi connectivity index (χ3v) is 2.17. The number of fused-ring (bicyclic) bond motifs is 1. The fourth-order valence-corrected chi connectivity index (χ4v) is 1.30. The number of alkyl halides is 1. The highest BCUT2D eigenvalue weighted by molar-refractivity contribution is 9.09. The molecule has 0 aromatic heterocycles. The predicted molar refractivity (Wildman–Crippen MR) is 42.2 cm³/mol. The molecule has 0 radical (unpaired) electrons. The van der Waals surface area contributed by atoms with Crippen LogP contribution in [0.5, 0.6) is 0 Å². The number of aliphatic imine (C=N–C) groups is 1. The highest BCUT2D eigenvalue weighted by atomic mass is 79.9. The van der Waals surface area contributed by atoms with E-state index in [-0.39, 0.29) is 0 Å². The highest BCUT2D eigenvalue weighted by Gasteiger charge is 2.24. The average molecular weight is 184 g/mol. The summed E-state index contributed by atoms with van der Waals surface area (Å²) in [6, 6.07) is 0.447. The van der Waals surface area contributed by atoms with Crippen LogP contribution in [0.1, 0.15) is 0 Å². The Balaban J connectivity index is 2.20. The number of allylic oxidation sites excluding steroid dienone is 2. The van der Waals surface area contributed by atoms with E-state index in [1.54, 1.807) is 0 Å². The lowest BCUT2D eigenvalue weighted by atomic mass is 10.1. The molecule has 2 aliphatic rings. The van der Waals surface area contributed by atoms with Crippen molar-refractivity contribution in [1.82, 2.24) is 0 Å². The van der Waals surface area contributed by atoms with Crippen molar-refractivity contribution in [3.8, 4) is 0 Å². The summed E-state index contributed by atoms with van der Waals surface area (Å²) in [6.07, 6.45) is 6.38. The smallest absolute Gasteiger partial charge is 0.111 e. The topological polar surface area (TPSA) is 12.4 Å². The van der Waals surface area contributed by atoms with E-state index >= 15 is 0 Å². The van der Waals surface area contributed by atoms with Crippen molar-refractivity contribution in [3.63, 3.8) is 0 Å². The van der Waals surface area contributed by atoms with Crippen LogP contribution in [0.2, 0.25) is 0 Å². The first-order chi connectivity index (χ1) is 4.40. The van der Waals surface area contributed by atoms with Crippen LogP contribution in [-0.2, 0) is 0 Å². The van der Waals surface area contributed by atoms with Gasteiger partial charge in [-0.15, -0.1) is 0 Å². The summed E-state index contributed by atoms with van der Waals surface area (Å²) in [7, 11) is 0. The highest BCUT2D eigenvalue weighted by Crippen LogP contribution is 2.22. The minimum atomic E-state index is 0.447. The lowest BCUT2D eigenvalue weighted by Gasteiger charge is -1.97. The van der Waals surface area contributed by atoms with Gasteiger partial charge in [0.05, 0.1) is 5.71 Å². The van der Waals surface area contributed by atoms with Gasteiger partial charge in [-0.3, -0.25) is 4.99 Å². The molecule has 1 aliphatic heterocycles. The number of nitrogens with zero attached hydrogens (tertiary/aromatic N) is 1. The Morgan fingerprint density at radius 3 is 3.11 bits per heavy atom. The largest absolute Gasteiger partial charge is 0.273 e. The molecule has 9 heavy (non-hydrogen) atoms. The minimum absolute atomic E-state index is 0.447. The van der Waals surface area contributed by atoms with E-state index in [4.69, 9.17) is 0 Å². The Hall–Kier alpha value is -0.370. The molecule has 0 aromatic rings. The predicted octanol–water partition coefficient (Wildman–Crippen LogP) is 1.70. The van der Waals surface area contributed by atoms with E-state index in [1.165, 1.54) is 11.3 Å². The molecule has 0 saturated carbocycles. The van der Waals surface area contributed by atoms with E-state index < -0.39 is 0 Å². The van der Waals surface area contributed by atoms with Crippen LogP contribution in [0.3, 0.4) is 0 Å². The van der Waals surface area contributed by atoms with E-state index in [2.05, 4.69) is 39.2 Å². The fraction of sp³-hybridized carbons (Fsp3) is 0.286. The molecule has 46 valence electrons. The number of halogens is 1. The lowest BCUT2D eigenvalue weighted by molar-refractivity contribution is 1.25. The van der Waals surface area contributed by atoms with Crippen molar-refractivity contribution in [2.24, 2.45) is 4.99 Å². The third-order valence-electron chi connectivity index (χ3n) is 1.52. The number of hydrogen-bond acceptors (Lipinski definition) is 1. The van der Waals surface area contributed by atoms with Crippen molar-refractivity contribution in [2.45, 2.75) is 6.04 Å². The second-order valence-electron chi connectivity index (χ2n) is 2.21. The van der Waals surface area contributed by atoms with Gasteiger partial charge in [-0.2, -0.15) is 0 Å². The first-order valence-electron chi connectivity index (χ1n) is 2.92. The van der Waals surface area contributed by atoms with Gasteiger partial charge in [-0.25, -0.2) is 0 Å². The normalized spacial score (nSPS) is 28.8. The molecule has 0 spiro atoms. The minimum Gasteiger partial charge on any atom is -0.273 e. The molecule has 0 saturated heterocycles. The molecule has 1 aliphatic carbocycles. The summed E-state index contributed by atoms with van der Waals surface area (Å²) in [5.74, 6) is 0. The zero-order valence-electron chi connectivity index (χ0n) is 4.84. The Bertz CT molecular complexity index is 225. The Morgan fingerprint density at radius 2 is 2.44 bits per heavy atom. The number of hydrogen-bond donors (Lipinski definition) is 0. The van der Waals surface area contributed by atoms with Gasteiger partial charge in [0, 0.05) is 5.33 Å². The molecule has 0 amide bonds. The first-order valence-corrected chi connectivity index (χ1v) is 4.05. The summed E-state index contributed by atoms with van der Waals surface area (Å²) < 4.78 is 0. The van der Waals surface area contributed by atoms with Crippen LogP contribution >= 0.6 is 15.9 Å². The van der Waals surface area contributed by atoms with Gasteiger partial charge in [0.1, 0.15) is 6.04 Å². The van der Waals surface area contributed by atoms with Crippen molar-refractivity contribution in [3.05, 3.63) is 23.8 Å². The zero-order chi connectivity index (χ0) is 6.27. The second kappa shape index (κ2) is 1.81. The van der Waals surface area contributed by atoms with Gasteiger partial charge in [-0.05, 0) is 11.6 Å². The van der Waals surface area contributed by atoms with Crippen molar-refractivity contribution in [1.29, 1.82) is 0 Å². The van der Waals surface area contributed by atoms with Crippen LogP contribution in [-0.4, -0.2) is 17.1 Å². The van der Waals surface area contributed by atoms with Crippen LogP contribution < -0.4 is 0 Å². The Morgan fingerprint density at radius 1 is 1.56 bits per heavy atom. The van der Waals surface area contributed by atoms with Gasteiger partial charge >= 0.3 is 0 Å². The zero-order valence-corrected chi connectivity index (χ0v) is 6.43. The van der Waals surface area contributed by atoms with Crippen LogP contribution in [0.15, 0.2) is 28.8 Å². The third kappa shape index (κ3) is 0.874. The summed E-state index contributed by atoms with van der Waals surface area (Å²) in [5.41, 5.74) is 2.57. The molecule has 1 atom stereocenters. The van der Waals surface area contributed by atoms with E-state index in [0.717, 1.165) is 5.33 Å². The summed E-state index contributed by atoms with van der Waals surface area (Å²) in [6.45, 7) is 0. The monoisotopic (exact) mass is 183 g/mol. The van der Waals surface area contributed by atoms with E-state index in [0.29, 0.717) is 6.04 Å². The maximum atomic E-state index is 4.19. The van der Waals surface area contributed by atoms with Gasteiger partial charge in [0.25, 0.3) is 0 Å². The van der Waals surface area contributed by atoms with Crippen molar-refractivity contribution < 1.29 is 0 Å². The molecule has 0 aromatic carbocycles. The Labute approximate surface area is 62.3 Å². The Kier molecular flexibility index (Phi) is 1.09. The molecule has 2 rings (SSSR count). The maximum Gasteiger partial charge on any atom is 0.111 e. The fourth-order valence-electron chi connectivity index (χ4n) is 0.927. The molecule has 0 N–H and O–H groups in total. The second-order valence-corrected chi connectivity index (χ2v) is 2.77. The van der Waals surface area contributed by atoms with E-state index in [9.17, 15) is 0 Å². The maximum absolute atomic E-state index is 4.19. The van der Waals surface area contributed by atoms with E-state index in [1.807, 2.05) is 0 Å². The van der Waals surface area contributed by atoms with Crippen LogP contribution in [0.4, 0.5) is 0 Å². The van der Waals surface area contributed by atoms with Crippen LogP contribution in [0.25, 0.3) is 0 Å². The quantitative estimate of drug-likeness (QED) is 0.550. The molecule has 0 fully saturated rings. The SMILES string of the molecule is BrCC1=CC2N=C2C=C1. The molecular weight excluding hydrogens is 178 g/mol. The number of rotatable bonds is 1. The average Bonchev–Trinajstić information content (AvgIpc) is 2.64. The summed E-state index contributed by atoms with van der Waals surface area (Å²) in [5, 5.41) is 0.947. The molecule has 1 heterocycles. The van der Waals surface area contributed by atoms with Gasteiger partial charge < -0.3 is 0 Å². The molecule has 1 unspecified atom stereocenters. The summed E-state index contributed by atoms with van der Waals surface area (Å²) >= 11 is 3.39. The summed E-state index contributed by atoms with van der Waals surface area (Å²) in [4.78, 5) is 4.19. The molecule has 0 bridgehead atoms. The standard InChI is InChI=1S/C7H6BrN/c8-4-5-1-2-6-7(3-5)9-6/h1-3,7H,4H2. The van der Waals surface area contributed by atoms with Gasteiger partial charge in [0.2, 0.25) is 0 Å². The molecule has 2 heteroatoms. The van der Waals surface area contributed by atoms with Crippen molar-refractivity contribution >= 4 is 21.6 Å². The van der Waals surface area contributed by atoms with Gasteiger partial charge in [0.15, 0.2) is 0 Å². The first kappa shape index (κ1) is 5.42. The van der Waals surface area contributed by atoms with Crippen LogP contribution in [0, 0.1) is 0 Å².